The Morgan fingerprint density at radius 1 is 0.935 bits per heavy atom. The first-order valence-corrected chi connectivity index (χ1v) is 11.0. The molecule has 2 aromatic heterocycles. The molecule has 164 valence electrons. The molecule has 0 N–H and O–H groups in total. The lowest BCUT2D eigenvalue weighted by Gasteiger charge is -2.43. The molecule has 8 nitrogen and oxygen atoms in total. The largest absolute Gasteiger partial charge is 0.481 e. The molecule has 8 heteroatoms. The first kappa shape index (κ1) is 21.2. The van der Waals surface area contributed by atoms with Crippen molar-refractivity contribution in [1.29, 1.82) is 0 Å². The Morgan fingerprint density at radius 2 is 1.74 bits per heavy atom. The maximum absolute atomic E-state index is 13.1. The van der Waals surface area contributed by atoms with Crippen molar-refractivity contribution in [1.82, 2.24) is 24.8 Å². The molecule has 4 heterocycles. The van der Waals surface area contributed by atoms with Gasteiger partial charge in [-0.25, -0.2) is 9.97 Å². The summed E-state index contributed by atoms with van der Waals surface area (Å²) < 4.78 is 5.07. The predicted octanol–water partition coefficient (Wildman–Crippen LogP) is 2.74. The van der Waals surface area contributed by atoms with Crippen LogP contribution in [-0.2, 0) is 0 Å². The molecule has 0 saturated carbocycles. The molecule has 4 rings (SSSR count). The van der Waals surface area contributed by atoms with E-state index >= 15 is 0 Å². The molecule has 1 atom stereocenters. The maximum atomic E-state index is 13.1. The number of aryl methyl sites for hydroxylation is 1. The summed E-state index contributed by atoms with van der Waals surface area (Å²) in [6, 6.07) is 3.66. The van der Waals surface area contributed by atoms with Crippen molar-refractivity contribution < 1.29 is 14.3 Å². The highest BCUT2D eigenvalue weighted by Gasteiger charge is 2.36. The van der Waals surface area contributed by atoms with Crippen LogP contribution in [0.25, 0.3) is 0 Å². The molecular weight excluding hydrogens is 394 g/mol. The molecule has 2 aliphatic heterocycles. The van der Waals surface area contributed by atoms with Crippen LogP contribution in [0.5, 0.6) is 5.88 Å². The predicted molar refractivity (Wildman–Crippen MR) is 115 cm³/mol. The van der Waals surface area contributed by atoms with Crippen molar-refractivity contribution in [2.45, 2.75) is 45.1 Å². The van der Waals surface area contributed by atoms with Gasteiger partial charge in [0.25, 0.3) is 11.8 Å². The van der Waals surface area contributed by atoms with E-state index in [1.807, 2.05) is 16.7 Å². The van der Waals surface area contributed by atoms with Crippen molar-refractivity contribution in [2.24, 2.45) is 5.92 Å². The number of aromatic nitrogens is 3. The van der Waals surface area contributed by atoms with E-state index in [1.54, 1.807) is 37.8 Å². The van der Waals surface area contributed by atoms with Crippen LogP contribution < -0.4 is 4.74 Å². The summed E-state index contributed by atoms with van der Waals surface area (Å²) in [5.41, 5.74) is 1.79. The van der Waals surface area contributed by atoms with Gasteiger partial charge in [-0.2, -0.15) is 0 Å². The Kier molecular flexibility index (Phi) is 6.44. The molecule has 0 aromatic carbocycles. The fraction of sp³-hybridized carbons (Fsp3) is 0.522. The number of rotatable bonds is 4. The summed E-state index contributed by atoms with van der Waals surface area (Å²) in [6.45, 7) is 4.01. The fourth-order valence-corrected chi connectivity index (χ4v) is 4.65. The Labute approximate surface area is 182 Å². The van der Waals surface area contributed by atoms with Gasteiger partial charge >= 0.3 is 0 Å². The lowest BCUT2D eigenvalue weighted by atomic mass is 9.83. The van der Waals surface area contributed by atoms with Crippen LogP contribution in [0.3, 0.4) is 0 Å². The van der Waals surface area contributed by atoms with Crippen LogP contribution in [-0.4, -0.2) is 69.4 Å². The van der Waals surface area contributed by atoms with Gasteiger partial charge in [-0.1, -0.05) is 0 Å². The number of hydrogen-bond acceptors (Lipinski definition) is 6. The number of piperidine rings is 2. The summed E-state index contributed by atoms with van der Waals surface area (Å²) in [4.78, 5) is 42.5. The lowest BCUT2D eigenvalue weighted by molar-refractivity contribution is 0.0370. The minimum atomic E-state index is -0.0278. The molecule has 2 saturated heterocycles. The van der Waals surface area contributed by atoms with Crippen LogP contribution in [0.2, 0.25) is 0 Å². The molecule has 2 amide bonds. The van der Waals surface area contributed by atoms with E-state index < -0.39 is 0 Å². The van der Waals surface area contributed by atoms with E-state index in [0.717, 1.165) is 44.3 Å². The van der Waals surface area contributed by atoms with E-state index in [1.165, 1.54) is 0 Å². The molecule has 2 aromatic rings. The first-order valence-electron chi connectivity index (χ1n) is 11.0. The van der Waals surface area contributed by atoms with Gasteiger partial charge in [0.05, 0.1) is 24.6 Å². The van der Waals surface area contributed by atoms with Gasteiger partial charge < -0.3 is 14.5 Å². The second-order valence-corrected chi connectivity index (χ2v) is 8.32. The molecule has 2 aliphatic rings. The van der Waals surface area contributed by atoms with Crippen LogP contribution in [0.4, 0.5) is 0 Å². The Hall–Kier alpha value is -3.03. The number of amides is 2. The van der Waals surface area contributed by atoms with Gasteiger partial charge in [0.15, 0.2) is 0 Å². The smallest absolute Gasteiger partial charge is 0.274 e. The molecule has 31 heavy (non-hydrogen) atoms. The van der Waals surface area contributed by atoms with E-state index in [0.29, 0.717) is 36.1 Å². The number of nitrogens with zero attached hydrogens (tertiary/aromatic N) is 5. The Bertz CT molecular complexity index is 908. The van der Waals surface area contributed by atoms with Crippen molar-refractivity contribution in [3.8, 4) is 5.88 Å². The zero-order chi connectivity index (χ0) is 21.8. The highest BCUT2D eigenvalue weighted by Crippen LogP contribution is 2.31. The highest BCUT2D eigenvalue weighted by molar-refractivity contribution is 5.94. The van der Waals surface area contributed by atoms with Gasteiger partial charge in [-0.15, -0.1) is 0 Å². The third-order valence-electron chi connectivity index (χ3n) is 6.37. The van der Waals surface area contributed by atoms with Crippen molar-refractivity contribution >= 4 is 11.8 Å². The van der Waals surface area contributed by atoms with Crippen LogP contribution in [0.15, 0.2) is 30.7 Å². The normalized spacial score (nSPS) is 19.9. The summed E-state index contributed by atoms with van der Waals surface area (Å²) >= 11 is 0. The molecule has 0 bridgehead atoms. The quantitative estimate of drug-likeness (QED) is 0.751. The van der Waals surface area contributed by atoms with Crippen molar-refractivity contribution in [3.05, 3.63) is 47.7 Å². The zero-order valence-electron chi connectivity index (χ0n) is 18.2. The number of methoxy groups -OCH3 is 1. The fourth-order valence-electron chi connectivity index (χ4n) is 4.65. The molecule has 0 aliphatic carbocycles. The third kappa shape index (κ3) is 4.68. The minimum Gasteiger partial charge on any atom is -0.481 e. The van der Waals surface area contributed by atoms with Crippen LogP contribution >= 0.6 is 0 Å². The number of pyridine rings is 1. The average molecular weight is 424 g/mol. The number of carbonyl (C=O) groups excluding carboxylic acids is 2. The molecule has 0 unspecified atom stereocenters. The van der Waals surface area contributed by atoms with E-state index in [2.05, 4.69) is 15.0 Å². The number of ether oxygens (including phenoxy) is 1. The molecule has 2 fully saturated rings. The Morgan fingerprint density at radius 3 is 2.39 bits per heavy atom. The van der Waals surface area contributed by atoms with E-state index in [9.17, 15) is 9.59 Å². The molecular formula is C23H29N5O3. The summed E-state index contributed by atoms with van der Waals surface area (Å²) in [6.07, 6.45) is 9.72. The summed E-state index contributed by atoms with van der Waals surface area (Å²) in [5.74, 6) is 0.858. The molecule has 0 spiro atoms. The van der Waals surface area contributed by atoms with Gasteiger partial charge in [0, 0.05) is 44.1 Å². The average Bonchev–Trinajstić information content (AvgIpc) is 2.84. The highest BCUT2D eigenvalue weighted by atomic mass is 16.5. The van der Waals surface area contributed by atoms with Gasteiger partial charge in [-0.3, -0.25) is 14.6 Å². The Balaban J connectivity index is 1.39. The van der Waals surface area contributed by atoms with Crippen molar-refractivity contribution in [3.63, 3.8) is 0 Å². The van der Waals surface area contributed by atoms with Gasteiger partial charge in [-0.05, 0) is 51.0 Å². The first-order chi connectivity index (χ1) is 15.1. The zero-order valence-corrected chi connectivity index (χ0v) is 18.2. The van der Waals surface area contributed by atoms with E-state index in [4.69, 9.17) is 4.74 Å². The van der Waals surface area contributed by atoms with Crippen LogP contribution in [0, 0.1) is 12.8 Å². The van der Waals surface area contributed by atoms with Crippen LogP contribution in [0.1, 0.15) is 58.6 Å². The SMILES string of the molecule is COc1ccc(C(=O)N2CCC([C@@H]3CCCCN3C(=O)c3cnc(C)cn3)CC2)cn1. The second kappa shape index (κ2) is 9.41. The lowest BCUT2D eigenvalue weighted by Crippen LogP contribution is -2.51. The topological polar surface area (TPSA) is 88.5 Å². The monoisotopic (exact) mass is 423 g/mol. The number of hydrogen-bond donors (Lipinski definition) is 0. The number of likely N-dealkylation sites (tertiary alicyclic amines) is 2. The second-order valence-electron chi connectivity index (χ2n) is 8.32. The van der Waals surface area contributed by atoms with Gasteiger partial charge in [0.2, 0.25) is 5.88 Å². The maximum Gasteiger partial charge on any atom is 0.274 e. The van der Waals surface area contributed by atoms with E-state index in [-0.39, 0.29) is 17.9 Å². The number of carbonyl (C=O) groups is 2. The van der Waals surface area contributed by atoms with Crippen molar-refractivity contribution in [2.75, 3.05) is 26.7 Å². The standard InChI is InChI=1S/C23H29N5O3/c1-16-13-25-19(15-24-16)23(30)28-10-4-3-5-20(28)17-8-11-27(12-9-17)22(29)18-6-7-21(31-2)26-14-18/h6-7,13-15,17,20H,3-5,8-12H2,1-2H3/t20-/m0/s1. The summed E-state index contributed by atoms with van der Waals surface area (Å²) in [5, 5.41) is 0. The minimum absolute atomic E-state index is 0.000101. The summed E-state index contributed by atoms with van der Waals surface area (Å²) in [7, 11) is 1.55. The van der Waals surface area contributed by atoms with Gasteiger partial charge in [0.1, 0.15) is 5.69 Å². The molecule has 0 radical (unpaired) electrons. The third-order valence-corrected chi connectivity index (χ3v) is 6.37.